The van der Waals surface area contributed by atoms with Crippen LogP contribution in [0.5, 0.6) is 0 Å². The van der Waals surface area contributed by atoms with Crippen LogP contribution >= 0.6 is 15.9 Å². The predicted octanol–water partition coefficient (Wildman–Crippen LogP) is 1.22. The van der Waals surface area contributed by atoms with E-state index in [1.165, 1.54) is 17.2 Å². The van der Waals surface area contributed by atoms with Crippen LogP contribution in [0.15, 0.2) is 16.7 Å². The fraction of sp³-hybridized carbons (Fsp3) is 0.364. The lowest BCUT2D eigenvalue weighted by Gasteiger charge is -2.40. The number of carbonyl (C=O) groups excluding carboxylic acids is 2. The lowest BCUT2D eigenvalue weighted by atomic mass is 9.98. The number of anilines is 1. The number of nitrogens with zero attached hydrogens (tertiary/aromatic N) is 2. The highest BCUT2D eigenvalue weighted by atomic mass is 79.9. The predicted molar refractivity (Wildman–Crippen MR) is 66.5 cm³/mol. The molecule has 1 aliphatic heterocycles. The highest BCUT2D eigenvalue weighted by Crippen LogP contribution is 2.28. The van der Waals surface area contributed by atoms with Crippen LogP contribution in [-0.2, 0) is 9.59 Å². The topological polar surface area (TPSA) is 62.3 Å². The molecule has 1 N–H and O–H groups in total. The minimum atomic E-state index is -1.03. The van der Waals surface area contributed by atoms with Crippen molar-refractivity contribution in [2.24, 2.45) is 0 Å². The molecule has 0 radical (unpaired) electrons. The van der Waals surface area contributed by atoms with Crippen molar-refractivity contribution in [3.05, 3.63) is 22.6 Å². The van der Waals surface area contributed by atoms with E-state index in [0.29, 0.717) is 4.47 Å². The van der Waals surface area contributed by atoms with Gasteiger partial charge in [0.05, 0.1) is 6.54 Å². The average Bonchev–Trinajstić information content (AvgIpc) is 2.24. The summed E-state index contributed by atoms with van der Waals surface area (Å²) in [6.45, 7) is 3.11. The van der Waals surface area contributed by atoms with Crippen LogP contribution < -0.4 is 10.2 Å². The van der Waals surface area contributed by atoms with Crippen LogP contribution in [0.2, 0.25) is 0 Å². The summed E-state index contributed by atoms with van der Waals surface area (Å²) in [7, 11) is 0. The first-order valence-corrected chi connectivity index (χ1v) is 6.04. The minimum absolute atomic E-state index is 0.00796. The molecule has 5 nitrogen and oxygen atoms in total. The molecule has 1 aliphatic rings. The number of pyridine rings is 1. The molecule has 7 heteroatoms. The molecular weight excluding hydrogens is 305 g/mol. The molecule has 1 aromatic heterocycles. The van der Waals surface area contributed by atoms with E-state index in [1.807, 2.05) is 0 Å². The summed E-state index contributed by atoms with van der Waals surface area (Å²) in [6, 6.07) is 1.25. The van der Waals surface area contributed by atoms with Crippen LogP contribution in [0.1, 0.15) is 13.8 Å². The zero-order valence-electron chi connectivity index (χ0n) is 9.83. The first-order valence-electron chi connectivity index (χ1n) is 5.25. The Labute approximate surface area is 112 Å². The van der Waals surface area contributed by atoms with Gasteiger partial charge in [0, 0.05) is 10.7 Å². The molecule has 96 valence electrons. The number of halogens is 2. The summed E-state index contributed by atoms with van der Waals surface area (Å²) >= 11 is 3.11. The number of imide groups is 1. The third kappa shape index (κ3) is 2.10. The van der Waals surface area contributed by atoms with Crippen molar-refractivity contribution in [3.63, 3.8) is 0 Å². The van der Waals surface area contributed by atoms with Crippen LogP contribution in [0, 0.1) is 5.82 Å². The Kier molecular flexibility index (Phi) is 3.10. The smallest absolute Gasteiger partial charge is 0.251 e. The third-order valence-electron chi connectivity index (χ3n) is 2.83. The number of aromatic nitrogens is 1. The molecule has 0 bridgehead atoms. The maximum Gasteiger partial charge on any atom is 0.251 e. The van der Waals surface area contributed by atoms with Crippen LogP contribution in [0.25, 0.3) is 0 Å². The van der Waals surface area contributed by atoms with E-state index in [1.54, 1.807) is 13.8 Å². The number of hydrogen-bond donors (Lipinski definition) is 1. The fourth-order valence-corrected chi connectivity index (χ4v) is 2.03. The van der Waals surface area contributed by atoms with Crippen molar-refractivity contribution >= 4 is 33.6 Å². The Morgan fingerprint density at radius 2 is 2.17 bits per heavy atom. The van der Waals surface area contributed by atoms with E-state index in [2.05, 4.69) is 26.2 Å². The third-order valence-corrected chi connectivity index (χ3v) is 3.26. The second-order valence-corrected chi connectivity index (χ2v) is 5.40. The van der Waals surface area contributed by atoms with E-state index in [9.17, 15) is 14.0 Å². The van der Waals surface area contributed by atoms with Gasteiger partial charge in [0.25, 0.3) is 5.91 Å². The van der Waals surface area contributed by atoms with E-state index in [-0.39, 0.29) is 12.4 Å². The van der Waals surface area contributed by atoms with Gasteiger partial charge in [-0.3, -0.25) is 14.9 Å². The van der Waals surface area contributed by atoms with Gasteiger partial charge in [0.1, 0.15) is 5.54 Å². The Balaban J connectivity index is 2.47. The maximum absolute atomic E-state index is 13.9. The average molecular weight is 316 g/mol. The van der Waals surface area contributed by atoms with Gasteiger partial charge in [0.2, 0.25) is 5.91 Å². The van der Waals surface area contributed by atoms with Crippen molar-refractivity contribution in [2.75, 3.05) is 11.4 Å². The van der Waals surface area contributed by atoms with Gasteiger partial charge in [-0.15, -0.1) is 0 Å². The number of nitrogens with one attached hydrogen (secondary N) is 1. The van der Waals surface area contributed by atoms with Crippen molar-refractivity contribution in [2.45, 2.75) is 19.4 Å². The number of carbonyl (C=O) groups is 2. The minimum Gasteiger partial charge on any atom is -0.331 e. The normalized spacial score (nSPS) is 18.8. The molecule has 2 amide bonds. The van der Waals surface area contributed by atoms with Crippen molar-refractivity contribution < 1.29 is 14.0 Å². The molecule has 0 unspecified atom stereocenters. The van der Waals surface area contributed by atoms with Crippen molar-refractivity contribution in [3.8, 4) is 0 Å². The van der Waals surface area contributed by atoms with E-state index < -0.39 is 23.2 Å². The van der Waals surface area contributed by atoms with Crippen molar-refractivity contribution in [1.82, 2.24) is 10.3 Å². The molecule has 18 heavy (non-hydrogen) atoms. The second kappa shape index (κ2) is 4.31. The van der Waals surface area contributed by atoms with Gasteiger partial charge in [-0.2, -0.15) is 0 Å². The van der Waals surface area contributed by atoms with E-state index in [4.69, 9.17) is 0 Å². The summed E-state index contributed by atoms with van der Waals surface area (Å²) in [5, 5.41) is 2.22. The van der Waals surface area contributed by atoms with Crippen molar-refractivity contribution in [1.29, 1.82) is 0 Å². The summed E-state index contributed by atoms with van der Waals surface area (Å²) < 4.78 is 14.4. The molecule has 1 saturated heterocycles. The number of piperazine rings is 1. The van der Waals surface area contributed by atoms with Gasteiger partial charge in [-0.1, -0.05) is 0 Å². The molecule has 0 aliphatic carbocycles. The Bertz CT molecular complexity index is 533. The molecule has 0 saturated carbocycles. The Morgan fingerprint density at radius 1 is 1.50 bits per heavy atom. The van der Waals surface area contributed by atoms with Gasteiger partial charge >= 0.3 is 0 Å². The zero-order valence-corrected chi connectivity index (χ0v) is 11.4. The number of amides is 2. The van der Waals surface area contributed by atoms with Gasteiger partial charge in [0.15, 0.2) is 11.6 Å². The molecule has 0 aromatic carbocycles. The summed E-state index contributed by atoms with van der Waals surface area (Å²) in [5.41, 5.74) is -1.03. The lowest BCUT2D eigenvalue weighted by molar-refractivity contribution is -0.135. The Hall–Kier alpha value is -1.50. The van der Waals surface area contributed by atoms with E-state index in [0.717, 1.165) is 0 Å². The molecule has 0 atom stereocenters. The number of rotatable bonds is 1. The maximum atomic E-state index is 13.9. The molecule has 2 rings (SSSR count). The SMILES string of the molecule is CC1(C)C(=O)NC(=O)CN1c1ncc(Br)cc1F. The number of hydrogen-bond acceptors (Lipinski definition) is 4. The summed E-state index contributed by atoms with van der Waals surface area (Å²) in [4.78, 5) is 28.4. The second-order valence-electron chi connectivity index (χ2n) is 4.48. The molecule has 0 spiro atoms. The summed E-state index contributed by atoms with van der Waals surface area (Å²) in [6.07, 6.45) is 1.42. The largest absolute Gasteiger partial charge is 0.331 e. The van der Waals surface area contributed by atoms with Crippen LogP contribution in [-0.4, -0.2) is 28.9 Å². The fourth-order valence-electron chi connectivity index (χ4n) is 1.73. The highest BCUT2D eigenvalue weighted by Gasteiger charge is 2.42. The first kappa shape index (κ1) is 12.9. The van der Waals surface area contributed by atoms with Crippen LogP contribution in [0.4, 0.5) is 10.2 Å². The van der Waals surface area contributed by atoms with E-state index >= 15 is 0 Å². The summed E-state index contributed by atoms with van der Waals surface area (Å²) in [5.74, 6) is -1.53. The molecule has 1 fully saturated rings. The Morgan fingerprint density at radius 3 is 2.78 bits per heavy atom. The standard InChI is InChI=1S/C11H11BrFN3O2/c1-11(2)10(18)15-8(17)5-16(11)9-7(13)3-6(12)4-14-9/h3-4H,5H2,1-2H3,(H,15,17,18). The zero-order chi connectivity index (χ0) is 13.5. The van der Waals surface area contributed by atoms with Gasteiger partial charge < -0.3 is 4.90 Å². The van der Waals surface area contributed by atoms with Crippen LogP contribution in [0.3, 0.4) is 0 Å². The van der Waals surface area contributed by atoms with Gasteiger partial charge in [-0.05, 0) is 35.8 Å². The quantitative estimate of drug-likeness (QED) is 0.792. The molecular formula is C11H11BrFN3O2. The first-order chi connectivity index (χ1) is 8.32. The molecule has 2 heterocycles. The molecule has 1 aromatic rings. The monoisotopic (exact) mass is 315 g/mol. The van der Waals surface area contributed by atoms with Gasteiger partial charge in [-0.25, -0.2) is 9.37 Å². The lowest BCUT2D eigenvalue weighted by Crippen LogP contribution is -2.64. The highest BCUT2D eigenvalue weighted by molar-refractivity contribution is 9.10.